The normalized spacial score (nSPS) is 27.3. The number of ether oxygens (including phenoxy) is 1. The average Bonchev–Trinajstić information content (AvgIpc) is 2.81. The van der Waals surface area contributed by atoms with Crippen LogP contribution in [0.3, 0.4) is 0 Å². The third-order valence-electron chi connectivity index (χ3n) is 7.74. The topological polar surface area (TPSA) is 31.8 Å². The Morgan fingerprint density at radius 3 is 2.23 bits per heavy atom. The van der Waals surface area contributed by atoms with Crippen molar-refractivity contribution in [1.82, 2.24) is 19.7 Å². The smallest absolute Gasteiger partial charge is 0.0895 e. The SMILES string of the molecule is CO[C@H]1CN(C2CCN(C3CCN(Cc4ccccc4)CC3)CC2)[C@H]1c1ccncc1. The summed E-state index contributed by atoms with van der Waals surface area (Å²) in [5.41, 5.74) is 2.79. The molecule has 0 saturated carbocycles. The number of nitrogens with zero attached hydrogens (tertiary/aromatic N) is 4. The van der Waals surface area contributed by atoms with Gasteiger partial charge in [0.05, 0.1) is 12.1 Å². The minimum atomic E-state index is 0.314. The Morgan fingerprint density at radius 1 is 0.871 bits per heavy atom. The first-order chi connectivity index (χ1) is 15.3. The summed E-state index contributed by atoms with van der Waals surface area (Å²) in [7, 11) is 1.85. The molecule has 166 valence electrons. The van der Waals surface area contributed by atoms with E-state index in [4.69, 9.17) is 4.74 Å². The summed E-state index contributed by atoms with van der Waals surface area (Å²) in [6, 6.07) is 17.1. The minimum absolute atomic E-state index is 0.314. The van der Waals surface area contributed by atoms with Crippen molar-refractivity contribution < 1.29 is 4.74 Å². The summed E-state index contributed by atoms with van der Waals surface area (Å²) in [6.45, 7) is 7.10. The van der Waals surface area contributed by atoms with Gasteiger partial charge >= 0.3 is 0 Å². The number of hydrogen-bond acceptors (Lipinski definition) is 5. The fourth-order valence-electron chi connectivity index (χ4n) is 5.91. The number of rotatable bonds is 6. The zero-order chi connectivity index (χ0) is 21.0. The van der Waals surface area contributed by atoms with Crippen LogP contribution in [0.25, 0.3) is 0 Å². The molecule has 3 aliphatic rings. The molecule has 0 N–H and O–H groups in total. The number of likely N-dealkylation sites (tertiary alicyclic amines) is 3. The van der Waals surface area contributed by atoms with Gasteiger partial charge in [0.15, 0.2) is 0 Å². The van der Waals surface area contributed by atoms with Crippen LogP contribution >= 0.6 is 0 Å². The Labute approximate surface area is 187 Å². The van der Waals surface area contributed by atoms with Crippen LogP contribution in [0.4, 0.5) is 0 Å². The molecule has 3 fully saturated rings. The Bertz CT molecular complexity index is 801. The molecule has 3 saturated heterocycles. The van der Waals surface area contributed by atoms with Crippen LogP contribution in [0.5, 0.6) is 0 Å². The van der Waals surface area contributed by atoms with Crippen molar-refractivity contribution in [3.05, 3.63) is 66.0 Å². The first-order valence-electron chi connectivity index (χ1n) is 12.0. The molecule has 0 spiro atoms. The van der Waals surface area contributed by atoms with E-state index in [1.807, 2.05) is 19.5 Å². The van der Waals surface area contributed by atoms with Gasteiger partial charge in [-0.05, 0) is 75.1 Å². The van der Waals surface area contributed by atoms with E-state index in [0.717, 1.165) is 19.1 Å². The lowest BCUT2D eigenvalue weighted by atomic mass is 9.87. The van der Waals surface area contributed by atoms with Crippen LogP contribution in [0.1, 0.15) is 42.9 Å². The Kier molecular flexibility index (Phi) is 6.65. The van der Waals surface area contributed by atoms with Gasteiger partial charge in [0.25, 0.3) is 0 Å². The number of piperidine rings is 2. The molecule has 5 heteroatoms. The maximum absolute atomic E-state index is 5.77. The third kappa shape index (κ3) is 4.70. The van der Waals surface area contributed by atoms with Crippen LogP contribution in [-0.2, 0) is 11.3 Å². The first-order valence-corrected chi connectivity index (χ1v) is 12.0. The molecule has 4 heterocycles. The molecule has 31 heavy (non-hydrogen) atoms. The predicted octanol–water partition coefficient (Wildman–Crippen LogP) is 3.58. The third-order valence-corrected chi connectivity index (χ3v) is 7.74. The highest BCUT2D eigenvalue weighted by Crippen LogP contribution is 2.39. The first kappa shape index (κ1) is 21.1. The molecule has 0 unspecified atom stereocenters. The van der Waals surface area contributed by atoms with Gasteiger partial charge in [0.1, 0.15) is 0 Å². The van der Waals surface area contributed by atoms with E-state index in [1.165, 1.54) is 63.0 Å². The van der Waals surface area contributed by atoms with Gasteiger partial charge in [0.2, 0.25) is 0 Å². The predicted molar refractivity (Wildman–Crippen MR) is 124 cm³/mol. The fraction of sp³-hybridized carbons (Fsp3) is 0.577. The van der Waals surface area contributed by atoms with E-state index < -0.39 is 0 Å². The van der Waals surface area contributed by atoms with E-state index in [-0.39, 0.29) is 0 Å². The summed E-state index contributed by atoms with van der Waals surface area (Å²) < 4.78 is 5.77. The molecule has 0 radical (unpaired) electrons. The maximum Gasteiger partial charge on any atom is 0.0895 e. The van der Waals surface area contributed by atoms with Gasteiger partial charge in [-0.3, -0.25) is 14.8 Å². The molecule has 1 aromatic heterocycles. The van der Waals surface area contributed by atoms with Crippen LogP contribution in [-0.4, -0.2) is 77.7 Å². The van der Waals surface area contributed by atoms with Gasteiger partial charge < -0.3 is 9.64 Å². The van der Waals surface area contributed by atoms with E-state index in [1.54, 1.807) is 0 Å². The molecular weight excluding hydrogens is 384 g/mol. The monoisotopic (exact) mass is 420 g/mol. The van der Waals surface area contributed by atoms with E-state index in [0.29, 0.717) is 18.2 Å². The lowest BCUT2D eigenvalue weighted by Crippen LogP contribution is -2.61. The Hall–Kier alpha value is -1.79. The number of hydrogen-bond donors (Lipinski definition) is 0. The summed E-state index contributed by atoms with van der Waals surface area (Å²) >= 11 is 0. The van der Waals surface area contributed by atoms with Crippen molar-refractivity contribution in [2.75, 3.05) is 39.8 Å². The molecule has 5 nitrogen and oxygen atoms in total. The average molecular weight is 421 g/mol. The standard InChI is InChI=1S/C26H36N4O/c1-31-25-20-30(26(25)22-7-13-27-14-8-22)24-11-17-29(18-12-24)23-9-15-28(16-10-23)19-21-5-3-2-4-6-21/h2-8,13-14,23-26H,9-12,15-20H2,1H3/t25-,26-/m0/s1. The second-order valence-corrected chi connectivity index (χ2v) is 9.46. The minimum Gasteiger partial charge on any atom is -0.378 e. The second kappa shape index (κ2) is 9.78. The number of benzene rings is 1. The Balaban J connectivity index is 1.10. The summed E-state index contributed by atoms with van der Waals surface area (Å²) in [4.78, 5) is 12.3. The lowest BCUT2D eigenvalue weighted by Gasteiger charge is -2.53. The van der Waals surface area contributed by atoms with Crippen molar-refractivity contribution in [2.45, 2.75) is 56.5 Å². The highest BCUT2D eigenvalue weighted by molar-refractivity contribution is 5.21. The lowest BCUT2D eigenvalue weighted by molar-refractivity contribution is -0.118. The van der Waals surface area contributed by atoms with Gasteiger partial charge in [0, 0.05) is 44.7 Å². The summed E-state index contributed by atoms with van der Waals surface area (Å²) in [5, 5.41) is 0. The molecule has 0 aliphatic carbocycles. The molecule has 1 aromatic carbocycles. The number of pyridine rings is 1. The van der Waals surface area contributed by atoms with Crippen molar-refractivity contribution in [3.63, 3.8) is 0 Å². The highest BCUT2D eigenvalue weighted by atomic mass is 16.5. The Morgan fingerprint density at radius 2 is 1.55 bits per heavy atom. The number of aromatic nitrogens is 1. The van der Waals surface area contributed by atoms with Crippen LogP contribution in [0.2, 0.25) is 0 Å². The van der Waals surface area contributed by atoms with Crippen molar-refractivity contribution in [3.8, 4) is 0 Å². The quantitative estimate of drug-likeness (QED) is 0.713. The van der Waals surface area contributed by atoms with E-state index in [9.17, 15) is 0 Å². The molecule has 3 aliphatic heterocycles. The molecular formula is C26H36N4O. The summed E-state index contributed by atoms with van der Waals surface area (Å²) in [5.74, 6) is 0. The maximum atomic E-state index is 5.77. The molecule has 2 atom stereocenters. The van der Waals surface area contributed by atoms with Crippen LogP contribution < -0.4 is 0 Å². The van der Waals surface area contributed by atoms with E-state index >= 15 is 0 Å². The highest BCUT2D eigenvalue weighted by Gasteiger charge is 2.44. The molecule has 0 amide bonds. The molecule has 5 rings (SSSR count). The van der Waals surface area contributed by atoms with Crippen molar-refractivity contribution in [2.24, 2.45) is 0 Å². The fourth-order valence-corrected chi connectivity index (χ4v) is 5.91. The van der Waals surface area contributed by atoms with Crippen LogP contribution in [0.15, 0.2) is 54.9 Å². The van der Waals surface area contributed by atoms with Gasteiger partial charge in [-0.1, -0.05) is 30.3 Å². The second-order valence-electron chi connectivity index (χ2n) is 9.46. The largest absolute Gasteiger partial charge is 0.378 e. The van der Waals surface area contributed by atoms with Gasteiger partial charge in [-0.2, -0.15) is 0 Å². The van der Waals surface area contributed by atoms with E-state index in [2.05, 4.69) is 62.1 Å². The van der Waals surface area contributed by atoms with Crippen LogP contribution in [0, 0.1) is 0 Å². The van der Waals surface area contributed by atoms with Gasteiger partial charge in [-0.25, -0.2) is 0 Å². The molecule has 2 aromatic rings. The summed E-state index contributed by atoms with van der Waals surface area (Å²) in [6.07, 6.45) is 9.31. The molecule has 0 bridgehead atoms. The zero-order valence-corrected chi connectivity index (χ0v) is 18.8. The zero-order valence-electron chi connectivity index (χ0n) is 18.8. The number of methoxy groups -OCH3 is 1. The van der Waals surface area contributed by atoms with Crippen molar-refractivity contribution in [1.29, 1.82) is 0 Å². The van der Waals surface area contributed by atoms with Gasteiger partial charge in [-0.15, -0.1) is 0 Å². The van der Waals surface area contributed by atoms with Crippen molar-refractivity contribution >= 4 is 0 Å².